The number of benzene rings is 2. The number of carbonyl (C=O) groups excluding carboxylic acids is 1. The number of halogens is 1. The number of nitrogens with one attached hydrogen (secondary N) is 1. The number of anilines is 1. The van der Waals surface area contributed by atoms with Crippen molar-refractivity contribution < 1.29 is 9.72 Å². The van der Waals surface area contributed by atoms with Crippen molar-refractivity contribution in [3.05, 3.63) is 67.5 Å². The predicted octanol–water partition coefficient (Wildman–Crippen LogP) is 5.10. The van der Waals surface area contributed by atoms with E-state index in [1.807, 2.05) is 30.3 Å². The molecule has 1 saturated heterocycles. The van der Waals surface area contributed by atoms with Crippen LogP contribution >= 0.6 is 27.7 Å². The molecule has 0 unspecified atom stereocenters. The Bertz CT molecular complexity index is 1000. The van der Waals surface area contributed by atoms with Gasteiger partial charge in [0.25, 0.3) is 11.6 Å². The Morgan fingerprint density at radius 3 is 2.48 bits per heavy atom. The maximum Gasteiger partial charge on any atom is 0.270 e. The van der Waals surface area contributed by atoms with Crippen LogP contribution in [-0.2, 0) is 4.79 Å². The molecule has 0 atom stereocenters. The largest absolute Gasteiger partial charge is 0.372 e. The van der Waals surface area contributed by atoms with E-state index in [1.54, 1.807) is 0 Å². The van der Waals surface area contributed by atoms with Gasteiger partial charge in [-0.2, -0.15) is 0 Å². The lowest BCUT2D eigenvalue weighted by molar-refractivity contribution is -0.384. The molecular formula is C20H19BrN4O3S. The maximum atomic E-state index is 12.3. The standard InChI is InChI=1S/C20H19BrN4O3S/c1-3-24(4-2)14-7-5-13(6-8-14)11-18-19(26)23-20(29-18)22-17-10-9-15(25(27)28)12-16(17)21/h5-12H,3-4H2,1-2H3,(H,22,23,26)/b18-11+. The Labute approximate surface area is 181 Å². The normalized spacial score (nSPS) is 16.3. The van der Waals surface area contributed by atoms with E-state index in [2.05, 4.69) is 45.0 Å². The minimum Gasteiger partial charge on any atom is -0.372 e. The van der Waals surface area contributed by atoms with Crippen LogP contribution in [0, 0.1) is 10.1 Å². The SMILES string of the molecule is CCN(CC)c1ccc(/C=C2/SC(=Nc3ccc([N+](=O)[O-])cc3Br)NC2=O)cc1. The molecule has 7 nitrogen and oxygen atoms in total. The highest BCUT2D eigenvalue weighted by Crippen LogP contribution is 2.33. The first-order valence-corrected chi connectivity index (χ1v) is 10.6. The zero-order valence-corrected chi connectivity index (χ0v) is 18.3. The number of rotatable bonds is 6. The van der Waals surface area contributed by atoms with Crippen LogP contribution in [0.15, 0.2) is 56.8 Å². The first kappa shape index (κ1) is 21.1. The van der Waals surface area contributed by atoms with Gasteiger partial charge in [-0.1, -0.05) is 12.1 Å². The van der Waals surface area contributed by atoms with Crippen LogP contribution in [0.2, 0.25) is 0 Å². The Morgan fingerprint density at radius 1 is 1.21 bits per heavy atom. The average molecular weight is 475 g/mol. The fraction of sp³-hybridized carbons (Fsp3) is 0.200. The Kier molecular flexibility index (Phi) is 6.71. The topological polar surface area (TPSA) is 87.8 Å². The van der Waals surface area contributed by atoms with E-state index in [0.29, 0.717) is 20.2 Å². The minimum absolute atomic E-state index is 0.0299. The highest BCUT2D eigenvalue weighted by atomic mass is 79.9. The summed E-state index contributed by atoms with van der Waals surface area (Å²) >= 11 is 4.52. The summed E-state index contributed by atoms with van der Waals surface area (Å²) in [6, 6.07) is 12.3. The van der Waals surface area contributed by atoms with Gasteiger partial charge in [-0.15, -0.1) is 0 Å². The second-order valence-corrected chi connectivity index (χ2v) is 8.02. The number of nitrogens with zero attached hydrogens (tertiary/aromatic N) is 3. The zero-order chi connectivity index (χ0) is 21.0. The van der Waals surface area contributed by atoms with Crippen molar-refractivity contribution in [2.75, 3.05) is 18.0 Å². The summed E-state index contributed by atoms with van der Waals surface area (Å²) in [5.74, 6) is -0.223. The molecular weight excluding hydrogens is 456 g/mol. The number of amides is 1. The predicted molar refractivity (Wildman–Crippen MR) is 122 cm³/mol. The third-order valence-electron chi connectivity index (χ3n) is 4.33. The summed E-state index contributed by atoms with van der Waals surface area (Å²) in [6.07, 6.45) is 1.82. The number of hydrogen-bond donors (Lipinski definition) is 1. The molecule has 0 aliphatic carbocycles. The maximum absolute atomic E-state index is 12.3. The van der Waals surface area contributed by atoms with Gasteiger partial charge in [0.05, 0.1) is 20.0 Å². The van der Waals surface area contributed by atoms with E-state index in [9.17, 15) is 14.9 Å². The molecule has 0 aromatic heterocycles. The van der Waals surface area contributed by atoms with Crippen LogP contribution < -0.4 is 10.2 Å². The van der Waals surface area contributed by atoms with Gasteiger partial charge in [0, 0.05) is 30.9 Å². The smallest absolute Gasteiger partial charge is 0.270 e. The zero-order valence-electron chi connectivity index (χ0n) is 15.9. The molecule has 3 rings (SSSR count). The third kappa shape index (κ3) is 5.04. The number of hydrogen-bond acceptors (Lipinski definition) is 6. The van der Waals surface area contributed by atoms with Gasteiger partial charge in [0.15, 0.2) is 5.17 Å². The molecule has 0 bridgehead atoms. The minimum atomic E-state index is -0.472. The van der Waals surface area contributed by atoms with Crippen LogP contribution in [0.1, 0.15) is 19.4 Å². The molecule has 1 aliphatic heterocycles. The van der Waals surface area contributed by atoms with Gasteiger partial charge >= 0.3 is 0 Å². The molecule has 0 saturated carbocycles. The summed E-state index contributed by atoms with van der Waals surface area (Å²) < 4.78 is 0.485. The molecule has 0 spiro atoms. The lowest BCUT2D eigenvalue weighted by Gasteiger charge is -2.20. The van der Waals surface area contributed by atoms with Gasteiger partial charge < -0.3 is 10.2 Å². The molecule has 150 valence electrons. The van der Waals surface area contributed by atoms with Crippen molar-refractivity contribution >= 4 is 61.9 Å². The molecule has 1 fully saturated rings. The van der Waals surface area contributed by atoms with Gasteiger partial charge in [0.2, 0.25) is 0 Å². The second-order valence-electron chi connectivity index (χ2n) is 6.14. The summed E-state index contributed by atoms with van der Waals surface area (Å²) in [7, 11) is 0. The Balaban J connectivity index is 1.78. The summed E-state index contributed by atoms with van der Waals surface area (Å²) in [5, 5.41) is 14.0. The van der Waals surface area contributed by atoms with E-state index in [0.717, 1.165) is 24.3 Å². The lowest BCUT2D eigenvalue weighted by atomic mass is 10.2. The van der Waals surface area contributed by atoms with Crippen LogP contribution in [0.5, 0.6) is 0 Å². The van der Waals surface area contributed by atoms with Gasteiger partial charge in [-0.05, 0) is 71.4 Å². The van der Waals surface area contributed by atoms with Crippen LogP contribution in [0.4, 0.5) is 17.1 Å². The highest BCUT2D eigenvalue weighted by molar-refractivity contribution is 9.10. The number of non-ortho nitro benzene ring substituents is 1. The molecule has 9 heteroatoms. The summed E-state index contributed by atoms with van der Waals surface area (Å²) in [6.45, 7) is 6.10. The first-order valence-electron chi connectivity index (χ1n) is 8.99. The van der Waals surface area contributed by atoms with E-state index in [1.165, 1.54) is 30.0 Å². The molecule has 1 N–H and O–H groups in total. The molecule has 0 radical (unpaired) electrons. The van der Waals surface area contributed by atoms with Crippen molar-refractivity contribution in [3.8, 4) is 0 Å². The summed E-state index contributed by atoms with van der Waals surface area (Å²) in [4.78, 5) is 29.8. The fourth-order valence-electron chi connectivity index (χ4n) is 2.81. The number of carbonyl (C=O) groups is 1. The highest BCUT2D eigenvalue weighted by Gasteiger charge is 2.24. The molecule has 1 aliphatic rings. The monoisotopic (exact) mass is 474 g/mol. The average Bonchev–Trinajstić information content (AvgIpc) is 3.04. The Morgan fingerprint density at radius 2 is 1.90 bits per heavy atom. The summed E-state index contributed by atoms with van der Waals surface area (Å²) in [5.41, 5.74) is 2.54. The lowest BCUT2D eigenvalue weighted by Crippen LogP contribution is -2.21. The van der Waals surface area contributed by atoms with Gasteiger partial charge in [-0.3, -0.25) is 14.9 Å². The van der Waals surface area contributed by atoms with E-state index in [-0.39, 0.29) is 11.6 Å². The number of nitro benzene ring substituents is 1. The van der Waals surface area contributed by atoms with Crippen LogP contribution in [0.3, 0.4) is 0 Å². The van der Waals surface area contributed by atoms with E-state index < -0.39 is 4.92 Å². The van der Waals surface area contributed by atoms with E-state index >= 15 is 0 Å². The quantitative estimate of drug-likeness (QED) is 0.357. The number of nitro groups is 1. The second kappa shape index (κ2) is 9.23. The number of aliphatic imine (C=N–C) groups is 1. The van der Waals surface area contributed by atoms with Crippen LogP contribution in [-0.4, -0.2) is 29.1 Å². The number of thioether (sulfide) groups is 1. The molecule has 1 heterocycles. The first-order chi connectivity index (χ1) is 13.9. The van der Waals surface area contributed by atoms with Crippen molar-refractivity contribution in [1.29, 1.82) is 0 Å². The van der Waals surface area contributed by atoms with Gasteiger partial charge in [-0.25, -0.2) is 4.99 Å². The molecule has 2 aromatic rings. The van der Waals surface area contributed by atoms with Crippen molar-refractivity contribution in [2.24, 2.45) is 4.99 Å². The van der Waals surface area contributed by atoms with E-state index in [4.69, 9.17) is 0 Å². The van der Waals surface area contributed by atoms with Crippen LogP contribution in [0.25, 0.3) is 6.08 Å². The third-order valence-corrected chi connectivity index (χ3v) is 5.88. The Hall–Kier alpha value is -2.65. The van der Waals surface area contributed by atoms with Crippen molar-refractivity contribution in [1.82, 2.24) is 5.32 Å². The van der Waals surface area contributed by atoms with Crippen molar-refractivity contribution in [3.63, 3.8) is 0 Å². The molecule has 29 heavy (non-hydrogen) atoms. The number of amidine groups is 1. The molecule has 2 aromatic carbocycles. The molecule has 1 amide bonds. The van der Waals surface area contributed by atoms with Gasteiger partial charge in [0.1, 0.15) is 0 Å². The fourth-order valence-corrected chi connectivity index (χ4v) is 4.10. The van der Waals surface area contributed by atoms with Crippen molar-refractivity contribution in [2.45, 2.75) is 13.8 Å².